The summed E-state index contributed by atoms with van der Waals surface area (Å²) < 4.78 is 54.4. The van der Waals surface area contributed by atoms with Crippen molar-refractivity contribution in [2.24, 2.45) is 0 Å². The molecule has 2 aromatic rings. The summed E-state index contributed by atoms with van der Waals surface area (Å²) >= 11 is 0. The lowest BCUT2D eigenvalue weighted by Crippen LogP contribution is -2.10. The third-order valence-corrected chi connectivity index (χ3v) is 2.28. The van der Waals surface area contributed by atoms with E-state index in [0.29, 0.717) is 4.68 Å². The lowest BCUT2D eigenvalue weighted by molar-refractivity contribution is 0.276. The molecule has 0 aliphatic rings. The van der Waals surface area contributed by atoms with Gasteiger partial charge in [0.15, 0.2) is 23.3 Å². The average Bonchev–Trinajstić information content (AvgIpc) is 2.86. The normalized spacial score (nSPS) is 10.5. The van der Waals surface area contributed by atoms with Gasteiger partial charge in [-0.25, -0.2) is 22.2 Å². The van der Waals surface area contributed by atoms with Gasteiger partial charge in [0, 0.05) is 0 Å². The minimum atomic E-state index is -1.82. The standard InChI is InChI=1S/C10H4F4N4O/c11-6-5(1-15)7(12)9(14)10(8(6)13)18-2-4(3-19)16-17-18/h2,19H,3H2. The van der Waals surface area contributed by atoms with Crippen LogP contribution in [0.15, 0.2) is 6.20 Å². The summed E-state index contributed by atoms with van der Waals surface area (Å²) in [5, 5.41) is 23.7. The largest absolute Gasteiger partial charge is 0.390 e. The van der Waals surface area contributed by atoms with Gasteiger partial charge in [0.1, 0.15) is 23.0 Å². The van der Waals surface area contributed by atoms with E-state index in [1.54, 1.807) is 0 Å². The molecule has 1 aromatic carbocycles. The van der Waals surface area contributed by atoms with Crippen LogP contribution in [0, 0.1) is 34.6 Å². The zero-order chi connectivity index (χ0) is 14.2. The number of benzene rings is 1. The number of nitriles is 1. The third kappa shape index (κ3) is 1.92. The van der Waals surface area contributed by atoms with Crippen LogP contribution in [0.2, 0.25) is 0 Å². The van der Waals surface area contributed by atoms with E-state index < -0.39 is 41.1 Å². The van der Waals surface area contributed by atoms with E-state index in [1.807, 2.05) is 0 Å². The second-order valence-corrected chi connectivity index (χ2v) is 3.40. The van der Waals surface area contributed by atoms with Gasteiger partial charge in [-0.2, -0.15) is 5.26 Å². The first-order chi connectivity index (χ1) is 9.01. The molecule has 2 rings (SSSR count). The van der Waals surface area contributed by atoms with E-state index >= 15 is 0 Å². The van der Waals surface area contributed by atoms with Crippen molar-refractivity contribution in [2.75, 3.05) is 0 Å². The summed E-state index contributed by atoms with van der Waals surface area (Å²) in [7, 11) is 0. The third-order valence-electron chi connectivity index (χ3n) is 2.28. The molecule has 98 valence electrons. The average molecular weight is 272 g/mol. The van der Waals surface area contributed by atoms with Crippen LogP contribution in [-0.4, -0.2) is 20.1 Å². The maximum atomic E-state index is 13.6. The summed E-state index contributed by atoms with van der Waals surface area (Å²) in [6.45, 7) is -0.565. The zero-order valence-corrected chi connectivity index (χ0v) is 9.03. The lowest BCUT2D eigenvalue weighted by Gasteiger charge is -2.07. The van der Waals surface area contributed by atoms with E-state index in [2.05, 4.69) is 10.3 Å². The second-order valence-electron chi connectivity index (χ2n) is 3.40. The number of nitrogens with zero attached hydrogens (tertiary/aromatic N) is 4. The fourth-order valence-corrected chi connectivity index (χ4v) is 1.40. The van der Waals surface area contributed by atoms with E-state index in [-0.39, 0.29) is 5.69 Å². The minimum Gasteiger partial charge on any atom is -0.390 e. The van der Waals surface area contributed by atoms with Crippen LogP contribution in [0.5, 0.6) is 0 Å². The highest BCUT2D eigenvalue weighted by atomic mass is 19.2. The quantitative estimate of drug-likeness (QED) is 0.658. The highest BCUT2D eigenvalue weighted by Crippen LogP contribution is 2.26. The van der Waals surface area contributed by atoms with Gasteiger partial charge in [-0.3, -0.25) is 0 Å². The molecule has 1 aromatic heterocycles. The monoisotopic (exact) mass is 272 g/mol. The molecular weight excluding hydrogens is 268 g/mol. The van der Waals surface area contributed by atoms with Crippen molar-refractivity contribution >= 4 is 0 Å². The first kappa shape index (κ1) is 13.0. The molecule has 0 saturated heterocycles. The van der Waals surface area contributed by atoms with Crippen molar-refractivity contribution < 1.29 is 22.7 Å². The minimum absolute atomic E-state index is 0.0519. The van der Waals surface area contributed by atoms with Crippen molar-refractivity contribution in [3.05, 3.63) is 40.7 Å². The molecule has 0 radical (unpaired) electrons. The molecule has 0 amide bonds. The van der Waals surface area contributed by atoms with Crippen molar-refractivity contribution in [1.29, 1.82) is 5.26 Å². The molecule has 0 saturated carbocycles. The van der Waals surface area contributed by atoms with Gasteiger partial charge >= 0.3 is 0 Å². The Morgan fingerprint density at radius 3 is 2.16 bits per heavy atom. The fourth-order valence-electron chi connectivity index (χ4n) is 1.40. The number of hydrogen-bond acceptors (Lipinski definition) is 4. The number of hydrogen-bond donors (Lipinski definition) is 1. The summed E-state index contributed by atoms with van der Waals surface area (Å²) in [6.07, 6.45) is 0.895. The van der Waals surface area contributed by atoms with E-state index in [0.717, 1.165) is 12.3 Å². The highest BCUT2D eigenvalue weighted by Gasteiger charge is 2.27. The van der Waals surface area contributed by atoms with E-state index in [4.69, 9.17) is 10.4 Å². The number of rotatable bonds is 2. The Labute approximate surface area is 103 Å². The van der Waals surface area contributed by atoms with E-state index in [1.165, 1.54) is 0 Å². The van der Waals surface area contributed by atoms with Crippen LogP contribution in [0.1, 0.15) is 11.3 Å². The number of aliphatic hydroxyl groups is 1. The summed E-state index contributed by atoms with van der Waals surface area (Å²) in [5.74, 6) is -7.19. The van der Waals surface area contributed by atoms with Gasteiger partial charge in [-0.15, -0.1) is 5.10 Å². The Bertz CT molecular complexity index is 663. The molecule has 19 heavy (non-hydrogen) atoms. The molecule has 0 fully saturated rings. The Balaban J connectivity index is 2.75. The smallest absolute Gasteiger partial charge is 0.189 e. The van der Waals surface area contributed by atoms with Gasteiger partial charge in [-0.1, -0.05) is 5.21 Å². The van der Waals surface area contributed by atoms with Crippen molar-refractivity contribution in [3.63, 3.8) is 0 Å². The first-order valence-electron chi connectivity index (χ1n) is 4.79. The molecule has 5 nitrogen and oxygen atoms in total. The Kier molecular flexibility index (Phi) is 3.18. The van der Waals surface area contributed by atoms with Crippen LogP contribution < -0.4 is 0 Å². The molecule has 0 aliphatic heterocycles. The van der Waals surface area contributed by atoms with Crippen molar-refractivity contribution in [2.45, 2.75) is 6.61 Å². The molecule has 0 unspecified atom stereocenters. The number of halogens is 4. The fraction of sp³-hybridized carbons (Fsp3) is 0.100. The molecule has 0 spiro atoms. The van der Waals surface area contributed by atoms with Gasteiger partial charge < -0.3 is 5.11 Å². The maximum Gasteiger partial charge on any atom is 0.189 e. The number of aliphatic hydroxyl groups excluding tert-OH is 1. The van der Waals surface area contributed by atoms with Gasteiger partial charge in [0.2, 0.25) is 0 Å². The zero-order valence-electron chi connectivity index (χ0n) is 9.03. The molecule has 1 heterocycles. The number of aromatic nitrogens is 3. The second kappa shape index (κ2) is 4.66. The molecule has 0 aliphatic carbocycles. The van der Waals surface area contributed by atoms with Crippen LogP contribution >= 0.6 is 0 Å². The molecular formula is C10H4F4N4O. The Hall–Kier alpha value is -2.47. The van der Waals surface area contributed by atoms with E-state index in [9.17, 15) is 17.6 Å². The van der Waals surface area contributed by atoms with Crippen LogP contribution in [0.4, 0.5) is 17.6 Å². The van der Waals surface area contributed by atoms with Crippen LogP contribution in [-0.2, 0) is 6.61 Å². The Morgan fingerprint density at radius 2 is 1.74 bits per heavy atom. The topological polar surface area (TPSA) is 74.7 Å². The predicted molar refractivity (Wildman–Crippen MR) is 51.8 cm³/mol. The predicted octanol–water partition coefficient (Wildman–Crippen LogP) is 1.19. The van der Waals surface area contributed by atoms with Gasteiger partial charge in [0.25, 0.3) is 0 Å². The van der Waals surface area contributed by atoms with Crippen LogP contribution in [0.3, 0.4) is 0 Å². The van der Waals surface area contributed by atoms with Crippen molar-refractivity contribution in [3.8, 4) is 11.8 Å². The molecule has 0 atom stereocenters. The van der Waals surface area contributed by atoms with Gasteiger partial charge in [-0.05, 0) is 0 Å². The molecule has 9 heteroatoms. The molecule has 1 N–H and O–H groups in total. The van der Waals surface area contributed by atoms with Gasteiger partial charge in [0.05, 0.1) is 12.8 Å². The lowest BCUT2D eigenvalue weighted by atomic mass is 10.1. The Morgan fingerprint density at radius 1 is 1.16 bits per heavy atom. The first-order valence-corrected chi connectivity index (χ1v) is 4.79. The highest BCUT2D eigenvalue weighted by molar-refractivity contribution is 5.44. The molecule has 0 bridgehead atoms. The SMILES string of the molecule is N#Cc1c(F)c(F)c(-n2cc(CO)nn2)c(F)c1F. The summed E-state index contributed by atoms with van der Waals surface area (Å²) in [4.78, 5) is 0. The maximum absolute atomic E-state index is 13.6. The summed E-state index contributed by atoms with van der Waals surface area (Å²) in [5.41, 5.74) is -2.56. The summed E-state index contributed by atoms with van der Waals surface area (Å²) in [6, 6.07) is 1.02. The van der Waals surface area contributed by atoms with Crippen LogP contribution in [0.25, 0.3) is 5.69 Å². The van der Waals surface area contributed by atoms with Crippen molar-refractivity contribution in [1.82, 2.24) is 15.0 Å².